The summed E-state index contributed by atoms with van der Waals surface area (Å²) in [6.07, 6.45) is 4.24. The van der Waals surface area contributed by atoms with E-state index in [4.69, 9.17) is 11.6 Å². The smallest absolute Gasteiger partial charge is 0.0987 e. The monoisotopic (exact) mass is 146 g/mol. The molecule has 1 N–H and O–H groups in total. The van der Waals surface area contributed by atoms with E-state index in [0.717, 1.165) is 19.3 Å². The van der Waals surface area contributed by atoms with Crippen molar-refractivity contribution in [3.63, 3.8) is 0 Å². The van der Waals surface area contributed by atoms with Crippen molar-refractivity contribution in [3.05, 3.63) is 12.7 Å². The highest BCUT2D eigenvalue weighted by Gasteiger charge is 2.36. The molecule has 1 fully saturated rings. The van der Waals surface area contributed by atoms with Crippen LogP contribution >= 0.6 is 11.6 Å². The minimum absolute atomic E-state index is 0.116. The van der Waals surface area contributed by atoms with Gasteiger partial charge in [-0.1, -0.05) is 6.08 Å². The molecule has 2 atom stereocenters. The van der Waals surface area contributed by atoms with Crippen molar-refractivity contribution >= 4 is 11.6 Å². The first-order valence-corrected chi connectivity index (χ1v) is 3.63. The summed E-state index contributed by atoms with van der Waals surface area (Å²) in [4.78, 5) is 0. The number of hydrogen-bond donors (Lipinski definition) is 1. The second-order valence-corrected chi connectivity index (χ2v) is 3.08. The van der Waals surface area contributed by atoms with E-state index in [0.29, 0.717) is 0 Å². The predicted molar refractivity (Wildman–Crippen MR) is 38.6 cm³/mol. The van der Waals surface area contributed by atoms with Crippen LogP contribution in [0.2, 0.25) is 0 Å². The Morgan fingerprint density at radius 2 is 2.44 bits per heavy atom. The lowest BCUT2D eigenvalue weighted by atomic mass is 10.0. The lowest BCUT2D eigenvalue weighted by molar-refractivity contribution is 0.103. The quantitative estimate of drug-likeness (QED) is 0.441. The fourth-order valence-electron chi connectivity index (χ4n) is 1.20. The van der Waals surface area contributed by atoms with E-state index >= 15 is 0 Å². The first kappa shape index (κ1) is 7.10. The van der Waals surface area contributed by atoms with E-state index in [9.17, 15) is 5.11 Å². The third-order valence-electron chi connectivity index (χ3n) is 1.93. The molecule has 0 unspecified atom stereocenters. The van der Waals surface area contributed by atoms with Crippen LogP contribution in [-0.4, -0.2) is 16.1 Å². The van der Waals surface area contributed by atoms with Gasteiger partial charge in [0, 0.05) is 0 Å². The van der Waals surface area contributed by atoms with E-state index in [2.05, 4.69) is 6.58 Å². The predicted octanol–water partition coefficient (Wildman–Crippen LogP) is 1.69. The van der Waals surface area contributed by atoms with E-state index < -0.39 is 5.60 Å². The number of aliphatic hydroxyl groups is 1. The molecule has 0 aromatic heterocycles. The summed E-state index contributed by atoms with van der Waals surface area (Å²) in [5, 5.41) is 9.40. The van der Waals surface area contributed by atoms with Crippen LogP contribution in [0.1, 0.15) is 19.3 Å². The Bertz CT molecular complexity index is 124. The van der Waals surface area contributed by atoms with E-state index in [-0.39, 0.29) is 5.38 Å². The lowest BCUT2D eigenvalue weighted by Crippen LogP contribution is -2.30. The molecule has 1 nitrogen and oxygen atoms in total. The Morgan fingerprint density at radius 3 is 2.67 bits per heavy atom. The molecular formula is C7H11ClO. The van der Waals surface area contributed by atoms with Gasteiger partial charge in [0.15, 0.2) is 0 Å². The summed E-state index contributed by atoms with van der Waals surface area (Å²) < 4.78 is 0. The number of alkyl halides is 1. The first-order valence-electron chi connectivity index (χ1n) is 3.19. The first-order chi connectivity index (χ1) is 4.19. The average molecular weight is 147 g/mol. The Labute approximate surface area is 60.3 Å². The van der Waals surface area contributed by atoms with Crippen LogP contribution in [0.3, 0.4) is 0 Å². The van der Waals surface area contributed by atoms with Gasteiger partial charge in [-0.25, -0.2) is 0 Å². The molecule has 0 amide bonds. The van der Waals surface area contributed by atoms with E-state index in [1.807, 2.05) is 0 Å². The number of halogens is 1. The molecule has 0 aromatic rings. The van der Waals surface area contributed by atoms with Gasteiger partial charge in [-0.05, 0) is 19.3 Å². The van der Waals surface area contributed by atoms with Gasteiger partial charge >= 0.3 is 0 Å². The lowest BCUT2D eigenvalue weighted by Gasteiger charge is -2.20. The molecule has 9 heavy (non-hydrogen) atoms. The normalized spacial score (nSPS) is 43.1. The van der Waals surface area contributed by atoms with Crippen LogP contribution in [0.5, 0.6) is 0 Å². The van der Waals surface area contributed by atoms with Gasteiger partial charge in [-0.15, -0.1) is 18.2 Å². The molecular weight excluding hydrogens is 136 g/mol. The summed E-state index contributed by atoms with van der Waals surface area (Å²) in [5.74, 6) is 0. The standard InChI is InChI=1S/C7H11ClO/c1-2-7(9)5-3-4-6(7)8/h2,6,9H,1,3-5H2/t6-,7+/m0/s1. The molecule has 52 valence electrons. The molecule has 0 spiro atoms. The van der Waals surface area contributed by atoms with Crippen molar-refractivity contribution in [1.29, 1.82) is 0 Å². The molecule has 0 aliphatic heterocycles. The molecule has 0 bridgehead atoms. The van der Waals surface area contributed by atoms with Crippen LogP contribution < -0.4 is 0 Å². The maximum absolute atomic E-state index is 9.52. The van der Waals surface area contributed by atoms with Crippen LogP contribution in [0, 0.1) is 0 Å². The van der Waals surface area contributed by atoms with Crippen LogP contribution in [0.15, 0.2) is 12.7 Å². The zero-order valence-electron chi connectivity index (χ0n) is 5.31. The molecule has 0 heterocycles. The zero-order valence-corrected chi connectivity index (χ0v) is 6.06. The Morgan fingerprint density at radius 1 is 1.78 bits per heavy atom. The summed E-state index contributed by atoms with van der Waals surface area (Å²) >= 11 is 5.80. The number of hydrogen-bond acceptors (Lipinski definition) is 1. The minimum Gasteiger partial charge on any atom is -0.384 e. The van der Waals surface area contributed by atoms with Crippen molar-refractivity contribution in [2.24, 2.45) is 0 Å². The molecule has 1 saturated carbocycles. The Balaban J connectivity index is 2.66. The molecule has 1 aliphatic carbocycles. The second-order valence-electron chi connectivity index (χ2n) is 2.56. The maximum atomic E-state index is 9.52. The highest BCUT2D eigenvalue weighted by molar-refractivity contribution is 6.21. The van der Waals surface area contributed by atoms with Gasteiger partial charge < -0.3 is 5.11 Å². The van der Waals surface area contributed by atoms with Crippen molar-refractivity contribution < 1.29 is 5.11 Å². The van der Waals surface area contributed by atoms with Crippen molar-refractivity contribution in [1.82, 2.24) is 0 Å². The van der Waals surface area contributed by atoms with Gasteiger partial charge in [0.1, 0.15) is 0 Å². The van der Waals surface area contributed by atoms with E-state index in [1.54, 1.807) is 6.08 Å². The molecule has 2 heteroatoms. The molecule has 1 rings (SSSR count). The van der Waals surface area contributed by atoms with Gasteiger partial charge in [0.05, 0.1) is 11.0 Å². The minimum atomic E-state index is -0.776. The SMILES string of the molecule is C=C[C@@]1(O)CCC[C@@H]1Cl. The fraction of sp³-hybridized carbons (Fsp3) is 0.714. The van der Waals surface area contributed by atoms with E-state index in [1.165, 1.54) is 0 Å². The van der Waals surface area contributed by atoms with Gasteiger partial charge in [0.2, 0.25) is 0 Å². The average Bonchev–Trinajstić information content (AvgIpc) is 2.15. The second kappa shape index (κ2) is 2.31. The number of rotatable bonds is 1. The molecule has 0 radical (unpaired) electrons. The summed E-state index contributed by atoms with van der Waals surface area (Å²) in [6, 6.07) is 0. The third kappa shape index (κ3) is 1.12. The third-order valence-corrected chi connectivity index (χ3v) is 2.53. The molecule has 1 aliphatic rings. The fourth-order valence-corrected chi connectivity index (χ4v) is 1.55. The largest absolute Gasteiger partial charge is 0.384 e. The van der Waals surface area contributed by atoms with Crippen LogP contribution in [-0.2, 0) is 0 Å². The van der Waals surface area contributed by atoms with Gasteiger partial charge in [-0.3, -0.25) is 0 Å². The Hall–Kier alpha value is -0.0100. The van der Waals surface area contributed by atoms with Gasteiger partial charge in [0.25, 0.3) is 0 Å². The van der Waals surface area contributed by atoms with Crippen molar-refractivity contribution in [3.8, 4) is 0 Å². The summed E-state index contributed by atoms with van der Waals surface area (Å²) in [7, 11) is 0. The Kier molecular flexibility index (Phi) is 1.83. The van der Waals surface area contributed by atoms with Gasteiger partial charge in [-0.2, -0.15) is 0 Å². The molecule has 0 aromatic carbocycles. The molecule has 0 saturated heterocycles. The zero-order chi connectivity index (χ0) is 6.91. The van der Waals surface area contributed by atoms with Crippen molar-refractivity contribution in [2.75, 3.05) is 0 Å². The van der Waals surface area contributed by atoms with Crippen LogP contribution in [0.4, 0.5) is 0 Å². The topological polar surface area (TPSA) is 20.2 Å². The highest BCUT2D eigenvalue weighted by atomic mass is 35.5. The maximum Gasteiger partial charge on any atom is 0.0987 e. The highest BCUT2D eigenvalue weighted by Crippen LogP contribution is 2.34. The van der Waals surface area contributed by atoms with Crippen LogP contribution in [0.25, 0.3) is 0 Å². The summed E-state index contributed by atoms with van der Waals surface area (Å²) in [5.41, 5.74) is -0.776. The summed E-state index contributed by atoms with van der Waals surface area (Å²) in [6.45, 7) is 3.53. The van der Waals surface area contributed by atoms with Crippen molar-refractivity contribution in [2.45, 2.75) is 30.2 Å².